The fraction of sp³-hybridized carbons (Fsp3) is 0.821. The van der Waals surface area contributed by atoms with Crippen LogP contribution < -0.4 is 5.32 Å². The number of nitrogens with one attached hydrogen (secondary N) is 1. The topological polar surface area (TPSA) is 140 Å². The van der Waals surface area contributed by atoms with E-state index in [1.165, 1.54) is 11.0 Å². The summed E-state index contributed by atoms with van der Waals surface area (Å²) in [6.45, 7) is 10.6. The normalized spacial score (nSPS) is 11.3. The molecule has 0 saturated carbocycles. The highest BCUT2D eigenvalue weighted by Gasteiger charge is 2.04. The Bertz CT molecular complexity index is 638. The smallest absolute Gasteiger partial charge is 0.246 e. The number of carbonyl (C=O) groups is 3. The Balaban J connectivity index is 3.17. The van der Waals surface area contributed by atoms with Gasteiger partial charge in [0.2, 0.25) is 11.8 Å². The number of allylic oxidation sites excluding steroid dienone is 1. The lowest BCUT2D eigenvalue weighted by molar-refractivity contribution is -0.125. The van der Waals surface area contributed by atoms with Crippen molar-refractivity contribution in [1.29, 1.82) is 0 Å². The fourth-order valence-corrected chi connectivity index (χ4v) is 2.86. The molecule has 13 heteroatoms. The molecule has 0 spiro atoms. The maximum absolute atomic E-state index is 11.6. The molecule has 240 valence electrons. The Hall–Kier alpha value is -1.97. The molecule has 0 saturated heterocycles. The van der Waals surface area contributed by atoms with Crippen molar-refractivity contribution in [1.82, 2.24) is 10.2 Å². The summed E-state index contributed by atoms with van der Waals surface area (Å²) in [6.07, 6.45) is 5.37. The molecule has 0 aliphatic carbocycles. The molecule has 0 unspecified atom stereocenters. The highest BCUT2D eigenvalue weighted by Crippen LogP contribution is 1.90. The van der Waals surface area contributed by atoms with Gasteiger partial charge < -0.3 is 48.1 Å². The Morgan fingerprint density at radius 2 is 1.02 bits per heavy atom. The Morgan fingerprint density at radius 1 is 0.634 bits per heavy atom. The molecular weight excluding hydrogens is 540 g/mol. The number of nitrogens with zero attached hydrogens (tertiary/aromatic N) is 1. The van der Waals surface area contributed by atoms with Crippen LogP contribution >= 0.6 is 0 Å². The maximum Gasteiger partial charge on any atom is 0.246 e. The minimum absolute atomic E-state index is 0.0217. The van der Waals surface area contributed by atoms with E-state index in [0.717, 1.165) is 25.5 Å². The van der Waals surface area contributed by atoms with Gasteiger partial charge in [0, 0.05) is 32.6 Å². The SMILES string of the molecule is CCCCNC(=O)CCOCCOCCOCCOCCOCCOCCOCCOCCN(C)C(=O)/C=C\C=O. The van der Waals surface area contributed by atoms with E-state index in [0.29, 0.717) is 125 Å². The Kier molecular flexibility index (Phi) is 31.0. The van der Waals surface area contributed by atoms with E-state index in [2.05, 4.69) is 12.2 Å². The first-order chi connectivity index (χ1) is 20.1. The van der Waals surface area contributed by atoms with Crippen LogP contribution in [-0.4, -0.2) is 149 Å². The van der Waals surface area contributed by atoms with Gasteiger partial charge >= 0.3 is 0 Å². The van der Waals surface area contributed by atoms with E-state index in [4.69, 9.17) is 37.9 Å². The Labute approximate surface area is 245 Å². The van der Waals surface area contributed by atoms with Crippen molar-refractivity contribution in [2.75, 3.05) is 126 Å². The first kappa shape index (κ1) is 39.0. The maximum atomic E-state index is 11.6. The van der Waals surface area contributed by atoms with Crippen LogP contribution in [0.4, 0.5) is 0 Å². The molecule has 0 bridgehead atoms. The molecule has 0 aromatic heterocycles. The zero-order valence-corrected chi connectivity index (χ0v) is 25.0. The molecule has 2 amide bonds. The molecule has 0 rings (SSSR count). The molecule has 0 aromatic carbocycles. The van der Waals surface area contributed by atoms with Crippen LogP contribution in [0.15, 0.2) is 12.2 Å². The number of amides is 2. The number of carbonyl (C=O) groups excluding carboxylic acids is 3. The van der Waals surface area contributed by atoms with E-state index in [1.54, 1.807) is 7.05 Å². The number of rotatable bonds is 32. The summed E-state index contributed by atoms with van der Waals surface area (Å²) in [7, 11) is 1.64. The Morgan fingerprint density at radius 3 is 1.41 bits per heavy atom. The lowest BCUT2D eigenvalue weighted by Gasteiger charge is -2.14. The number of likely N-dealkylation sites (N-methyl/N-ethyl adjacent to an activating group) is 1. The lowest BCUT2D eigenvalue weighted by atomic mass is 10.3. The van der Waals surface area contributed by atoms with E-state index < -0.39 is 0 Å². The average molecular weight is 593 g/mol. The van der Waals surface area contributed by atoms with Crippen LogP contribution in [0.2, 0.25) is 0 Å². The van der Waals surface area contributed by atoms with Gasteiger partial charge in [0.15, 0.2) is 0 Å². The van der Waals surface area contributed by atoms with Crippen molar-refractivity contribution in [3.63, 3.8) is 0 Å². The molecule has 0 heterocycles. The monoisotopic (exact) mass is 592 g/mol. The van der Waals surface area contributed by atoms with E-state index in [-0.39, 0.29) is 11.8 Å². The van der Waals surface area contributed by atoms with Crippen molar-refractivity contribution in [3.8, 4) is 0 Å². The summed E-state index contributed by atoms with van der Waals surface area (Å²) in [5.41, 5.74) is 0. The standard InChI is InChI=1S/C28H52N2O11/c1-3-4-8-29-27(32)7-11-34-13-15-36-17-19-38-21-23-40-25-26-41-24-22-39-20-18-37-16-14-35-12-9-30(2)28(33)6-5-10-31/h5-6,10H,3-4,7-9,11-26H2,1-2H3,(H,29,32)/b6-5-. The highest BCUT2D eigenvalue weighted by molar-refractivity contribution is 5.90. The zero-order valence-electron chi connectivity index (χ0n) is 25.0. The van der Waals surface area contributed by atoms with Gasteiger partial charge in [-0.05, 0) is 12.5 Å². The summed E-state index contributed by atoms with van der Waals surface area (Å²) in [5.74, 6) is -0.223. The molecule has 0 atom stereocenters. The minimum Gasteiger partial charge on any atom is -0.379 e. The molecule has 0 aliphatic heterocycles. The van der Waals surface area contributed by atoms with E-state index >= 15 is 0 Å². The van der Waals surface area contributed by atoms with Crippen LogP contribution in [0.3, 0.4) is 0 Å². The predicted octanol–water partition coefficient (Wildman–Crippen LogP) is 0.639. The quantitative estimate of drug-likeness (QED) is 0.0669. The first-order valence-corrected chi connectivity index (χ1v) is 14.4. The lowest BCUT2D eigenvalue weighted by Crippen LogP contribution is -2.29. The molecule has 0 fully saturated rings. The van der Waals surface area contributed by atoms with Gasteiger partial charge in [0.05, 0.1) is 106 Å². The molecule has 0 aromatic rings. The van der Waals surface area contributed by atoms with Crippen LogP contribution in [0.25, 0.3) is 0 Å². The third-order valence-corrected chi connectivity index (χ3v) is 5.19. The van der Waals surface area contributed by atoms with Crippen LogP contribution in [0.1, 0.15) is 26.2 Å². The van der Waals surface area contributed by atoms with Crippen LogP contribution in [0, 0.1) is 0 Å². The zero-order chi connectivity index (χ0) is 30.1. The van der Waals surface area contributed by atoms with Crippen molar-refractivity contribution in [2.45, 2.75) is 26.2 Å². The molecule has 13 nitrogen and oxygen atoms in total. The van der Waals surface area contributed by atoms with Crippen LogP contribution in [-0.2, 0) is 52.3 Å². The van der Waals surface area contributed by atoms with Crippen molar-refractivity contribution < 1.29 is 52.3 Å². The largest absolute Gasteiger partial charge is 0.379 e. The second-order valence-electron chi connectivity index (χ2n) is 8.61. The predicted molar refractivity (Wildman–Crippen MR) is 152 cm³/mol. The van der Waals surface area contributed by atoms with Gasteiger partial charge in [-0.3, -0.25) is 14.4 Å². The molecule has 0 aliphatic rings. The number of unbranched alkanes of at least 4 members (excludes halogenated alkanes) is 1. The number of ether oxygens (including phenoxy) is 8. The van der Waals surface area contributed by atoms with Gasteiger partial charge in [-0.1, -0.05) is 13.3 Å². The number of hydrogen-bond acceptors (Lipinski definition) is 11. The second-order valence-corrected chi connectivity index (χ2v) is 8.61. The number of hydrogen-bond donors (Lipinski definition) is 1. The van der Waals surface area contributed by atoms with Crippen molar-refractivity contribution in [2.24, 2.45) is 0 Å². The molecular formula is C28H52N2O11. The van der Waals surface area contributed by atoms with Crippen molar-refractivity contribution in [3.05, 3.63) is 12.2 Å². The van der Waals surface area contributed by atoms with Crippen LogP contribution in [0.5, 0.6) is 0 Å². The summed E-state index contributed by atoms with van der Waals surface area (Å²) in [5, 5.41) is 2.85. The van der Waals surface area contributed by atoms with Gasteiger partial charge in [0.1, 0.15) is 6.29 Å². The third-order valence-electron chi connectivity index (χ3n) is 5.19. The highest BCUT2D eigenvalue weighted by atomic mass is 16.6. The van der Waals surface area contributed by atoms with Crippen molar-refractivity contribution >= 4 is 18.1 Å². The summed E-state index contributed by atoms with van der Waals surface area (Å²) >= 11 is 0. The van der Waals surface area contributed by atoms with Gasteiger partial charge in [-0.25, -0.2) is 0 Å². The first-order valence-electron chi connectivity index (χ1n) is 14.4. The average Bonchev–Trinajstić information content (AvgIpc) is 2.97. The third kappa shape index (κ3) is 30.8. The van der Waals surface area contributed by atoms with Gasteiger partial charge in [-0.2, -0.15) is 0 Å². The fourth-order valence-electron chi connectivity index (χ4n) is 2.86. The molecule has 1 N–H and O–H groups in total. The molecule has 41 heavy (non-hydrogen) atoms. The summed E-state index contributed by atoms with van der Waals surface area (Å²) in [4.78, 5) is 34.7. The minimum atomic E-state index is -0.245. The summed E-state index contributed by atoms with van der Waals surface area (Å²) in [6, 6.07) is 0. The molecule has 0 radical (unpaired) electrons. The number of aldehydes is 1. The van der Waals surface area contributed by atoms with Gasteiger partial charge in [0.25, 0.3) is 0 Å². The van der Waals surface area contributed by atoms with E-state index in [9.17, 15) is 14.4 Å². The van der Waals surface area contributed by atoms with E-state index in [1.807, 2.05) is 0 Å². The summed E-state index contributed by atoms with van der Waals surface area (Å²) < 4.78 is 43.4. The van der Waals surface area contributed by atoms with Gasteiger partial charge in [-0.15, -0.1) is 0 Å². The second kappa shape index (κ2) is 32.5.